The fourth-order valence-electron chi connectivity index (χ4n) is 2.84. The Kier molecular flexibility index (Phi) is 3.94. The number of hydrogen-bond donors (Lipinski definition) is 1. The smallest absolute Gasteiger partial charge is 0.0270 e. The van der Waals surface area contributed by atoms with Gasteiger partial charge in [0, 0.05) is 18.9 Å². The molecule has 0 bridgehead atoms. The fraction of sp³-hybridized carbons (Fsp3) is 0.643. The molecule has 2 heteroatoms. The summed E-state index contributed by atoms with van der Waals surface area (Å²) in [4.78, 5) is 4.07. The van der Waals surface area contributed by atoms with Crippen LogP contribution in [0.5, 0.6) is 0 Å². The standard InChI is InChI=1S/C14H22N2/c1-2-6-14(8-11-16-12-14)7-3-13-4-9-15-10-5-13/h4-5,9-10,16H,2-3,6-8,11-12H2,1H3. The van der Waals surface area contributed by atoms with Crippen molar-refractivity contribution in [3.8, 4) is 0 Å². The summed E-state index contributed by atoms with van der Waals surface area (Å²) in [5.41, 5.74) is 2.00. The summed E-state index contributed by atoms with van der Waals surface area (Å²) < 4.78 is 0. The Morgan fingerprint density at radius 3 is 2.75 bits per heavy atom. The first-order valence-electron chi connectivity index (χ1n) is 6.44. The average molecular weight is 218 g/mol. The van der Waals surface area contributed by atoms with Crippen LogP contribution in [0, 0.1) is 5.41 Å². The summed E-state index contributed by atoms with van der Waals surface area (Å²) in [6.07, 6.45) is 10.3. The summed E-state index contributed by atoms with van der Waals surface area (Å²) in [5.74, 6) is 0. The molecule has 2 rings (SSSR count). The van der Waals surface area contributed by atoms with Crippen LogP contribution in [0.4, 0.5) is 0 Å². The van der Waals surface area contributed by atoms with Gasteiger partial charge >= 0.3 is 0 Å². The van der Waals surface area contributed by atoms with Gasteiger partial charge in [-0.3, -0.25) is 4.98 Å². The molecule has 1 N–H and O–H groups in total. The largest absolute Gasteiger partial charge is 0.316 e. The Morgan fingerprint density at radius 1 is 1.31 bits per heavy atom. The Balaban J connectivity index is 1.92. The molecule has 0 saturated carbocycles. The molecule has 16 heavy (non-hydrogen) atoms. The molecular formula is C14H22N2. The maximum absolute atomic E-state index is 4.07. The Morgan fingerprint density at radius 2 is 2.12 bits per heavy atom. The van der Waals surface area contributed by atoms with E-state index in [9.17, 15) is 0 Å². The van der Waals surface area contributed by atoms with Crippen molar-refractivity contribution in [2.45, 2.75) is 39.0 Å². The molecule has 0 spiro atoms. The Bertz CT molecular complexity index is 302. The van der Waals surface area contributed by atoms with E-state index in [0.29, 0.717) is 5.41 Å². The van der Waals surface area contributed by atoms with Crippen molar-refractivity contribution in [2.24, 2.45) is 5.41 Å². The van der Waals surface area contributed by atoms with Gasteiger partial charge in [0.1, 0.15) is 0 Å². The van der Waals surface area contributed by atoms with Crippen molar-refractivity contribution in [3.63, 3.8) is 0 Å². The van der Waals surface area contributed by atoms with E-state index in [1.807, 2.05) is 12.4 Å². The van der Waals surface area contributed by atoms with Crippen molar-refractivity contribution in [2.75, 3.05) is 13.1 Å². The van der Waals surface area contributed by atoms with Gasteiger partial charge in [0.2, 0.25) is 0 Å². The topological polar surface area (TPSA) is 24.9 Å². The number of nitrogens with one attached hydrogen (secondary N) is 1. The lowest BCUT2D eigenvalue weighted by Crippen LogP contribution is -2.24. The minimum atomic E-state index is 0.567. The molecule has 2 nitrogen and oxygen atoms in total. The minimum absolute atomic E-state index is 0.567. The molecule has 2 heterocycles. The highest BCUT2D eigenvalue weighted by molar-refractivity contribution is 5.10. The van der Waals surface area contributed by atoms with Gasteiger partial charge in [-0.15, -0.1) is 0 Å². The molecule has 1 atom stereocenters. The minimum Gasteiger partial charge on any atom is -0.316 e. The van der Waals surface area contributed by atoms with E-state index < -0.39 is 0 Å². The summed E-state index contributed by atoms with van der Waals surface area (Å²) in [5, 5.41) is 3.52. The molecule has 1 fully saturated rings. The summed E-state index contributed by atoms with van der Waals surface area (Å²) in [6.45, 7) is 4.72. The molecule has 1 aliphatic heterocycles. The molecular weight excluding hydrogens is 196 g/mol. The number of rotatable bonds is 5. The van der Waals surface area contributed by atoms with Crippen molar-refractivity contribution in [3.05, 3.63) is 30.1 Å². The van der Waals surface area contributed by atoms with Crippen molar-refractivity contribution >= 4 is 0 Å². The van der Waals surface area contributed by atoms with Crippen LogP contribution in [-0.2, 0) is 6.42 Å². The second-order valence-corrected chi connectivity index (χ2v) is 5.03. The lowest BCUT2D eigenvalue weighted by molar-refractivity contribution is 0.268. The van der Waals surface area contributed by atoms with Crippen LogP contribution >= 0.6 is 0 Å². The normalized spacial score (nSPS) is 24.8. The van der Waals surface area contributed by atoms with Gasteiger partial charge in [-0.2, -0.15) is 0 Å². The molecule has 1 aromatic heterocycles. The monoisotopic (exact) mass is 218 g/mol. The van der Waals surface area contributed by atoms with E-state index in [1.54, 1.807) is 0 Å². The first-order chi connectivity index (χ1) is 7.85. The van der Waals surface area contributed by atoms with E-state index >= 15 is 0 Å². The third-order valence-corrected chi connectivity index (χ3v) is 3.81. The maximum Gasteiger partial charge on any atom is 0.0270 e. The second-order valence-electron chi connectivity index (χ2n) is 5.03. The van der Waals surface area contributed by atoms with Crippen LogP contribution in [0.15, 0.2) is 24.5 Å². The molecule has 1 aromatic rings. The molecule has 0 radical (unpaired) electrons. The highest BCUT2D eigenvalue weighted by Gasteiger charge is 2.32. The Labute approximate surface area is 98.5 Å². The van der Waals surface area contributed by atoms with Crippen molar-refractivity contribution in [1.29, 1.82) is 0 Å². The van der Waals surface area contributed by atoms with Crippen LogP contribution in [0.2, 0.25) is 0 Å². The molecule has 1 aliphatic rings. The molecule has 1 saturated heterocycles. The number of hydrogen-bond acceptors (Lipinski definition) is 2. The molecule has 1 unspecified atom stereocenters. The van der Waals surface area contributed by atoms with Gasteiger partial charge < -0.3 is 5.32 Å². The van der Waals surface area contributed by atoms with Crippen LogP contribution in [-0.4, -0.2) is 18.1 Å². The number of aryl methyl sites for hydroxylation is 1. The maximum atomic E-state index is 4.07. The van der Waals surface area contributed by atoms with E-state index in [0.717, 1.165) is 0 Å². The van der Waals surface area contributed by atoms with E-state index in [-0.39, 0.29) is 0 Å². The SMILES string of the molecule is CCCC1(CCc2ccncc2)CCNC1. The molecule has 0 amide bonds. The van der Waals surface area contributed by atoms with Crippen LogP contribution in [0.25, 0.3) is 0 Å². The number of aromatic nitrogens is 1. The van der Waals surface area contributed by atoms with E-state index in [1.165, 1.54) is 50.8 Å². The van der Waals surface area contributed by atoms with Gasteiger partial charge in [-0.05, 0) is 55.3 Å². The van der Waals surface area contributed by atoms with Crippen molar-refractivity contribution < 1.29 is 0 Å². The second kappa shape index (κ2) is 5.44. The number of nitrogens with zero attached hydrogens (tertiary/aromatic N) is 1. The van der Waals surface area contributed by atoms with Gasteiger partial charge in [0.15, 0.2) is 0 Å². The molecule has 0 aromatic carbocycles. The summed E-state index contributed by atoms with van der Waals surface area (Å²) >= 11 is 0. The average Bonchev–Trinajstić information content (AvgIpc) is 2.78. The van der Waals surface area contributed by atoms with Gasteiger partial charge in [0.05, 0.1) is 0 Å². The summed E-state index contributed by atoms with van der Waals surface area (Å²) in [7, 11) is 0. The zero-order valence-corrected chi connectivity index (χ0v) is 10.2. The van der Waals surface area contributed by atoms with Gasteiger partial charge in [-0.1, -0.05) is 13.3 Å². The van der Waals surface area contributed by atoms with Crippen LogP contribution in [0.1, 0.15) is 38.2 Å². The fourth-order valence-corrected chi connectivity index (χ4v) is 2.84. The van der Waals surface area contributed by atoms with Crippen molar-refractivity contribution in [1.82, 2.24) is 10.3 Å². The van der Waals surface area contributed by atoms with Gasteiger partial charge in [-0.25, -0.2) is 0 Å². The zero-order chi connectivity index (χ0) is 11.3. The highest BCUT2D eigenvalue weighted by atomic mass is 14.9. The predicted octanol–water partition coefficient (Wildman–Crippen LogP) is 2.79. The third kappa shape index (κ3) is 2.82. The summed E-state index contributed by atoms with van der Waals surface area (Å²) in [6, 6.07) is 4.28. The predicted molar refractivity (Wildman–Crippen MR) is 67.4 cm³/mol. The third-order valence-electron chi connectivity index (χ3n) is 3.81. The first kappa shape index (κ1) is 11.6. The van der Waals surface area contributed by atoms with Crippen LogP contribution in [0.3, 0.4) is 0 Å². The van der Waals surface area contributed by atoms with Crippen LogP contribution < -0.4 is 5.32 Å². The van der Waals surface area contributed by atoms with E-state index in [4.69, 9.17) is 0 Å². The molecule has 0 aliphatic carbocycles. The first-order valence-corrected chi connectivity index (χ1v) is 6.44. The highest BCUT2D eigenvalue weighted by Crippen LogP contribution is 2.35. The van der Waals surface area contributed by atoms with Gasteiger partial charge in [0.25, 0.3) is 0 Å². The lowest BCUT2D eigenvalue weighted by Gasteiger charge is -2.27. The number of pyridine rings is 1. The lowest BCUT2D eigenvalue weighted by atomic mass is 9.78. The van der Waals surface area contributed by atoms with E-state index in [2.05, 4.69) is 29.4 Å². The Hall–Kier alpha value is -0.890. The molecule has 88 valence electrons. The quantitative estimate of drug-likeness (QED) is 0.822. The zero-order valence-electron chi connectivity index (χ0n) is 10.2.